The van der Waals surface area contributed by atoms with Gasteiger partial charge in [-0.15, -0.1) is 10.2 Å². The van der Waals surface area contributed by atoms with Gasteiger partial charge in [-0.25, -0.2) is 4.79 Å². The van der Waals surface area contributed by atoms with Gasteiger partial charge in [0.1, 0.15) is 5.75 Å². The van der Waals surface area contributed by atoms with Gasteiger partial charge in [-0.1, -0.05) is 12.1 Å². The zero-order valence-electron chi connectivity index (χ0n) is 15.2. The van der Waals surface area contributed by atoms with Gasteiger partial charge in [0.2, 0.25) is 5.89 Å². The lowest BCUT2D eigenvalue weighted by Gasteiger charge is -2.10. The van der Waals surface area contributed by atoms with Crippen molar-refractivity contribution in [2.75, 3.05) is 6.61 Å². The molecule has 1 heterocycles. The Bertz CT molecular complexity index is 983. The third kappa shape index (κ3) is 4.70. The fourth-order valence-corrected chi connectivity index (χ4v) is 2.37. The number of carbonyl (C=O) groups excluding carboxylic acids is 1. The smallest absolute Gasteiger partial charge is 0.344 e. The lowest BCUT2D eigenvalue weighted by atomic mass is 10.2. The summed E-state index contributed by atoms with van der Waals surface area (Å²) in [4.78, 5) is 22.2. The Morgan fingerprint density at radius 1 is 1.21 bits per heavy atom. The van der Waals surface area contributed by atoms with Crippen molar-refractivity contribution >= 4 is 11.7 Å². The molecule has 28 heavy (non-hydrogen) atoms. The summed E-state index contributed by atoms with van der Waals surface area (Å²) in [5.74, 6) is 0.271. The van der Waals surface area contributed by atoms with Crippen LogP contribution >= 0.6 is 0 Å². The van der Waals surface area contributed by atoms with E-state index < -0.39 is 17.0 Å². The van der Waals surface area contributed by atoms with E-state index in [9.17, 15) is 14.9 Å². The number of hydrogen-bond acceptors (Lipinski definition) is 8. The van der Waals surface area contributed by atoms with Crippen molar-refractivity contribution in [1.82, 2.24) is 10.2 Å². The molecule has 0 fully saturated rings. The number of non-ortho nitro benzene ring substituents is 1. The van der Waals surface area contributed by atoms with Gasteiger partial charge in [0.05, 0.1) is 4.92 Å². The fraction of sp³-hybridized carbons (Fsp3) is 0.211. The number of esters is 1. The Hall–Kier alpha value is -3.75. The minimum Gasteiger partial charge on any atom is -0.482 e. The van der Waals surface area contributed by atoms with E-state index in [-0.39, 0.29) is 24.1 Å². The molecule has 2 aromatic carbocycles. The van der Waals surface area contributed by atoms with Crippen LogP contribution < -0.4 is 4.74 Å². The van der Waals surface area contributed by atoms with Crippen LogP contribution in [0.4, 0.5) is 5.69 Å². The summed E-state index contributed by atoms with van der Waals surface area (Å²) in [6.45, 7) is 3.26. The molecule has 3 rings (SSSR count). The highest BCUT2D eigenvalue weighted by Gasteiger charge is 2.19. The Kier molecular flexibility index (Phi) is 5.64. The van der Waals surface area contributed by atoms with Crippen LogP contribution in [0.25, 0.3) is 11.5 Å². The quantitative estimate of drug-likeness (QED) is 0.345. The molecule has 0 amide bonds. The predicted octanol–water partition coefficient (Wildman–Crippen LogP) is 3.64. The third-order valence-electron chi connectivity index (χ3n) is 3.77. The average molecular weight is 383 g/mol. The highest BCUT2D eigenvalue weighted by atomic mass is 16.6. The Morgan fingerprint density at radius 3 is 2.64 bits per heavy atom. The number of nitro groups is 1. The maximum Gasteiger partial charge on any atom is 0.344 e. The number of carbonyl (C=O) groups is 1. The van der Waals surface area contributed by atoms with Crippen molar-refractivity contribution in [2.45, 2.75) is 20.0 Å². The molecule has 0 radical (unpaired) electrons. The Balaban J connectivity index is 1.58. The maximum atomic E-state index is 12.0. The molecular weight excluding hydrogens is 366 g/mol. The molecule has 0 bridgehead atoms. The van der Waals surface area contributed by atoms with E-state index >= 15 is 0 Å². The SMILES string of the molecule is Cc1cccc(OCC(=O)O[C@@H](C)c2nnc(-c3ccc([N+](=O)[O-])cc3)o2)c1. The molecule has 0 saturated heterocycles. The molecule has 144 valence electrons. The summed E-state index contributed by atoms with van der Waals surface area (Å²) >= 11 is 0. The second-order valence-corrected chi connectivity index (χ2v) is 5.99. The molecule has 9 nitrogen and oxygen atoms in total. The van der Waals surface area contributed by atoms with E-state index in [4.69, 9.17) is 13.9 Å². The van der Waals surface area contributed by atoms with Crippen LogP contribution in [0.1, 0.15) is 24.5 Å². The van der Waals surface area contributed by atoms with Gasteiger partial charge in [0.15, 0.2) is 12.7 Å². The lowest BCUT2D eigenvalue weighted by Crippen LogP contribution is -2.17. The summed E-state index contributed by atoms with van der Waals surface area (Å²) in [6, 6.07) is 13.0. The van der Waals surface area contributed by atoms with Gasteiger partial charge < -0.3 is 13.9 Å². The van der Waals surface area contributed by atoms with Gasteiger partial charge in [-0.05, 0) is 43.7 Å². The topological polar surface area (TPSA) is 118 Å². The number of aryl methyl sites for hydroxylation is 1. The summed E-state index contributed by atoms with van der Waals surface area (Å²) in [7, 11) is 0. The van der Waals surface area contributed by atoms with Gasteiger partial charge in [0, 0.05) is 17.7 Å². The second kappa shape index (κ2) is 8.30. The summed E-state index contributed by atoms with van der Waals surface area (Å²) < 4.78 is 16.1. The average Bonchev–Trinajstić information content (AvgIpc) is 3.17. The molecular formula is C19H17N3O6. The van der Waals surface area contributed by atoms with Crippen LogP contribution in [0.5, 0.6) is 5.75 Å². The molecule has 1 atom stereocenters. The van der Waals surface area contributed by atoms with Crippen molar-refractivity contribution in [3.8, 4) is 17.2 Å². The lowest BCUT2D eigenvalue weighted by molar-refractivity contribution is -0.384. The number of ether oxygens (including phenoxy) is 2. The molecule has 0 spiro atoms. The van der Waals surface area contributed by atoms with E-state index in [0.717, 1.165) is 5.56 Å². The van der Waals surface area contributed by atoms with Crippen LogP contribution in [0.15, 0.2) is 52.9 Å². The van der Waals surface area contributed by atoms with Crippen molar-refractivity contribution < 1.29 is 23.6 Å². The highest BCUT2D eigenvalue weighted by molar-refractivity contribution is 5.71. The molecule has 0 aliphatic rings. The standard InChI is InChI=1S/C19H17N3O6/c1-12-4-3-5-16(10-12)26-11-17(23)27-13(2)18-20-21-19(28-18)14-6-8-15(9-7-14)22(24)25/h3-10,13H,11H2,1-2H3/t13-/m0/s1. The van der Waals surface area contributed by atoms with Crippen molar-refractivity contribution in [1.29, 1.82) is 0 Å². The first-order valence-corrected chi connectivity index (χ1v) is 8.39. The van der Waals surface area contributed by atoms with Crippen LogP contribution in [0, 0.1) is 17.0 Å². The van der Waals surface area contributed by atoms with Crippen LogP contribution in [0.2, 0.25) is 0 Å². The van der Waals surface area contributed by atoms with Crippen LogP contribution in [-0.2, 0) is 9.53 Å². The molecule has 0 saturated carbocycles. The molecule has 0 aliphatic heterocycles. The van der Waals surface area contributed by atoms with E-state index in [0.29, 0.717) is 11.3 Å². The molecule has 1 aromatic heterocycles. The summed E-state index contributed by atoms with van der Waals surface area (Å²) in [6.07, 6.45) is -0.770. The first kappa shape index (κ1) is 19.0. The fourth-order valence-electron chi connectivity index (χ4n) is 2.37. The van der Waals surface area contributed by atoms with E-state index in [1.807, 2.05) is 25.1 Å². The number of hydrogen-bond donors (Lipinski definition) is 0. The highest BCUT2D eigenvalue weighted by Crippen LogP contribution is 2.24. The second-order valence-electron chi connectivity index (χ2n) is 5.99. The largest absolute Gasteiger partial charge is 0.482 e. The number of benzene rings is 2. The first-order valence-electron chi connectivity index (χ1n) is 8.39. The number of aromatic nitrogens is 2. The zero-order valence-corrected chi connectivity index (χ0v) is 15.2. The van der Waals surface area contributed by atoms with Gasteiger partial charge in [0.25, 0.3) is 11.6 Å². The van der Waals surface area contributed by atoms with Gasteiger partial charge in [-0.3, -0.25) is 10.1 Å². The van der Waals surface area contributed by atoms with Crippen molar-refractivity contribution in [3.63, 3.8) is 0 Å². The van der Waals surface area contributed by atoms with Gasteiger partial charge >= 0.3 is 5.97 Å². The maximum absolute atomic E-state index is 12.0. The normalized spacial score (nSPS) is 11.6. The van der Waals surface area contributed by atoms with Crippen LogP contribution in [-0.4, -0.2) is 27.7 Å². The van der Waals surface area contributed by atoms with Crippen molar-refractivity contribution in [2.24, 2.45) is 0 Å². The van der Waals surface area contributed by atoms with Gasteiger partial charge in [-0.2, -0.15) is 0 Å². The van der Waals surface area contributed by atoms with E-state index in [1.54, 1.807) is 13.0 Å². The third-order valence-corrected chi connectivity index (χ3v) is 3.77. The number of nitro benzene ring substituents is 1. The van der Waals surface area contributed by atoms with Crippen molar-refractivity contribution in [3.05, 3.63) is 70.1 Å². The molecule has 3 aromatic rings. The molecule has 0 N–H and O–H groups in total. The minimum atomic E-state index is -0.770. The van der Waals surface area contributed by atoms with E-state index in [1.165, 1.54) is 24.3 Å². The zero-order chi connectivity index (χ0) is 20.1. The number of nitrogens with zero attached hydrogens (tertiary/aromatic N) is 3. The summed E-state index contributed by atoms with van der Waals surface area (Å²) in [5.41, 5.74) is 1.49. The Labute approximate surface area is 160 Å². The minimum absolute atomic E-state index is 0.0422. The first-order chi connectivity index (χ1) is 13.4. The van der Waals surface area contributed by atoms with Crippen LogP contribution in [0.3, 0.4) is 0 Å². The monoisotopic (exact) mass is 383 g/mol. The molecule has 9 heteroatoms. The molecule has 0 unspecified atom stereocenters. The number of rotatable bonds is 7. The molecule has 0 aliphatic carbocycles. The Morgan fingerprint density at radius 2 is 1.96 bits per heavy atom. The van der Waals surface area contributed by atoms with E-state index in [2.05, 4.69) is 10.2 Å². The predicted molar refractivity (Wildman–Crippen MR) is 97.6 cm³/mol. The summed E-state index contributed by atoms with van der Waals surface area (Å²) in [5, 5.41) is 18.4.